The van der Waals surface area contributed by atoms with E-state index in [1.807, 2.05) is 0 Å². The highest BCUT2D eigenvalue weighted by molar-refractivity contribution is 14.1. The van der Waals surface area contributed by atoms with Gasteiger partial charge in [0.15, 0.2) is 0 Å². The Kier molecular flexibility index (Phi) is 2.64. The van der Waals surface area contributed by atoms with Crippen LogP contribution in [0.15, 0.2) is 53.0 Å². The van der Waals surface area contributed by atoms with Crippen LogP contribution in [-0.2, 0) is 0 Å². The van der Waals surface area contributed by atoms with Crippen LogP contribution in [0, 0.1) is 3.57 Å². The second-order valence-electron chi connectivity index (χ2n) is 3.75. The molecule has 3 aromatic rings. The molecule has 78 valence electrons. The molecule has 0 radical (unpaired) electrons. The van der Waals surface area contributed by atoms with Gasteiger partial charge >= 0.3 is 0 Å². The standard InChI is InChI=1S/C14H8BrI/c15-13-7-3-6-11-12(13)8-9-4-1-2-5-10(9)14(11)16/h1-8H. The summed E-state index contributed by atoms with van der Waals surface area (Å²) < 4.78 is 2.49. The number of halogens is 2. The normalized spacial score (nSPS) is 11.1. The van der Waals surface area contributed by atoms with E-state index in [1.54, 1.807) is 0 Å². The van der Waals surface area contributed by atoms with E-state index < -0.39 is 0 Å². The average molecular weight is 383 g/mol. The third kappa shape index (κ3) is 1.55. The summed E-state index contributed by atoms with van der Waals surface area (Å²) in [6, 6.07) is 17.1. The van der Waals surface area contributed by atoms with E-state index in [4.69, 9.17) is 0 Å². The maximum atomic E-state index is 3.61. The highest BCUT2D eigenvalue weighted by atomic mass is 127. The van der Waals surface area contributed by atoms with Crippen molar-refractivity contribution < 1.29 is 0 Å². The topological polar surface area (TPSA) is 0 Å². The molecule has 0 N–H and O–H groups in total. The Labute approximate surface area is 116 Å². The molecule has 2 heteroatoms. The first kappa shape index (κ1) is 10.5. The summed E-state index contributed by atoms with van der Waals surface area (Å²) in [5, 5.41) is 5.22. The van der Waals surface area contributed by atoms with Crippen molar-refractivity contribution >= 4 is 60.1 Å². The molecule has 0 saturated carbocycles. The van der Waals surface area contributed by atoms with E-state index in [0.29, 0.717) is 0 Å². The smallest absolute Gasteiger partial charge is 0.0287 e. The van der Waals surface area contributed by atoms with E-state index in [1.165, 1.54) is 25.1 Å². The molecule has 3 rings (SSSR count). The van der Waals surface area contributed by atoms with Crippen molar-refractivity contribution in [2.45, 2.75) is 0 Å². The molecule has 0 unspecified atom stereocenters. The summed E-state index contributed by atoms with van der Waals surface area (Å²) in [5.41, 5.74) is 0. The fourth-order valence-corrected chi connectivity index (χ4v) is 3.44. The van der Waals surface area contributed by atoms with Crippen molar-refractivity contribution in [2.75, 3.05) is 0 Å². The molecule has 0 aromatic heterocycles. The predicted molar refractivity (Wildman–Crippen MR) is 81.9 cm³/mol. The monoisotopic (exact) mass is 382 g/mol. The fourth-order valence-electron chi connectivity index (χ4n) is 2.00. The van der Waals surface area contributed by atoms with E-state index in [-0.39, 0.29) is 0 Å². The van der Waals surface area contributed by atoms with E-state index in [0.717, 1.165) is 4.47 Å². The van der Waals surface area contributed by atoms with Gasteiger partial charge in [-0.15, -0.1) is 0 Å². The Morgan fingerprint density at radius 3 is 2.44 bits per heavy atom. The van der Waals surface area contributed by atoms with E-state index in [9.17, 15) is 0 Å². The Hall–Kier alpha value is -0.610. The van der Waals surface area contributed by atoms with Crippen molar-refractivity contribution in [3.05, 3.63) is 56.6 Å². The number of rotatable bonds is 0. The molecule has 0 amide bonds. The second-order valence-corrected chi connectivity index (χ2v) is 5.68. The van der Waals surface area contributed by atoms with Gasteiger partial charge in [0.1, 0.15) is 0 Å². The zero-order valence-electron chi connectivity index (χ0n) is 8.37. The summed E-state index contributed by atoms with van der Waals surface area (Å²) in [6.07, 6.45) is 0. The van der Waals surface area contributed by atoms with E-state index in [2.05, 4.69) is 87.1 Å². The van der Waals surface area contributed by atoms with Gasteiger partial charge in [-0.3, -0.25) is 0 Å². The van der Waals surface area contributed by atoms with Gasteiger partial charge in [0, 0.05) is 8.04 Å². The minimum atomic E-state index is 1.16. The SMILES string of the molecule is Brc1cccc2c(I)c3ccccc3cc12. The first-order valence-corrected chi connectivity index (χ1v) is 6.90. The van der Waals surface area contributed by atoms with Crippen LogP contribution in [0.4, 0.5) is 0 Å². The second kappa shape index (κ2) is 4.00. The fraction of sp³-hybridized carbons (Fsp3) is 0. The summed E-state index contributed by atoms with van der Waals surface area (Å²) in [5.74, 6) is 0. The Morgan fingerprint density at radius 2 is 1.56 bits per heavy atom. The minimum Gasteiger partial charge on any atom is -0.0616 e. The lowest BCUT2D eigenvalue weighted by Crippen LogP contribution is -1.83. The summed E-state index contributed by atoms with van der Waals surface area (Å²) >= 11 is 6.05. The molecular weight excluding hydrogens is 375 g/mol. The zero-order valence-corrected chi connectivity index (χ0v) is 12.1. The molecule has 0 bridgehead atoms. The van der Waals surface area contributed by atoms with Crippen molar-refractivity contribution in [1.82, 2.24) is 0 Å². The quantitative estimate of drug-likeness (QED) is 0.362. The van der Waals surface area contributed by atoms with Crippen LogP contribution in [0.2, 0.25) is 0 Å². The maximum Gasteiger partial charge on any atom is 0.0287 e. The Bertz CT molecular complexity index is 689. The van der Waals surface area contributed by atoms with Crippen LogP contribution in [0.3, 0.4) is 0 Å². The number of hydrogen-bond acceptors (Lipinski definition) is 0. The first-order valence-electron chi connectivity index (χ1n) is 5.03. The molecule has 0 aliphatic carbocycles. The zero-order chi connectivity index (χ0) is 11.1. The lowest BCUT2D eigenvalue weighted by molar-refractivity contribution is 1.71. The Balaban J connectivity index is 2.61. The highest BCUT2D eigenvalue weighted by Gasteiger charge is 2.06. The molecule has 0 nitrogen and oxygen atoms in total. The third-order valence-corrected chi connectivity index (χ3v) is 4.64. The lowest BCUT2D eigenvalue weighted by atomic mass is 10.0. The van der Waals surface area contributed by atoms with E-state index >= 15 is 0 Å². The molecular formula is C14H8BrI. The van der Waals surface area contributed by atoms with Gasteiger partial charge in [-0.05, 0) is 56.3 Å². The summed E-state index contributed by atoms with van der Waals surface area (Å²) in [4.78, 5) is 0. The van der Waals surface area contributed by atoms with Gasteiger partial charge in [0.05, 0.1) is 0 Å². The van der Waals surface area contributed by atoms with Gasteiger partial charge in [0.25, 0.3) is 0 Å². The van der Waals surface area contributed by atoms with Gasteiger partial charge in [-0.2, -0.15) is 0 Å². The van der Waals surface area contributed by atoms with Gasteiger partial charge in [-0.1, -0.05) is 52.3 Å². The molecule has 0 heterocycles. The lowest BCUT2D eigenvalue weighted by Gasteiger charge is -2.07. The molecule has 0 aliphatic rings. The van der Waals surface area contributed by atoms with Crippen LogP contribution in [0.1, 0.15) is 0 Å². The molecule has 0 aliphatic heterocycles. The molecule has 0 spiro atoms. The maximum absolute atomic E-state index is 3.61. The van der Waals surface area contributed by atoms with Crippen molar-refractivity contribution in [3.8, 4) is 0 Å². The van der Waals surface area contributed by atoms with Gasteiger partial charge in [0.2, 0.25) is 0 Å². The molecule has 0 saturated heterocycles. The van der Waals surface area contributed by atoms with Crippen molar-refractivity contribution in [1.29, 1.82) is 0 Å². The van der Waals surface area contributed by atoms with Crippen LogP contribution < -0.4 is 0 Å². The van der Waals surface area contributed by atoms with Crippen LogP contribution in [0.25, 0.3) is 21.5 Å². The third-order valence-electron chi connectivity index (χ3n) is 2.79. The largest absolute Gasteiger partial charge is 0.0616 e. The highest BCUT2D eigenvalue weighted by Crippen LogP contribution is 2.33. The first-order chi connectivity index (χ1) is 7.77. The molecule has 0 fully saturated rings. The van der Waals surface area contributed by atoms with Crippen LogP contribution >= 0.6 is 38.5 Å². The van der Waals surface area contributed by atoms with Gasteiger partial charge < -0.3 is 0 Å². The molecule has 0 atom stereocenters. The van der Waals surface area contributed by atoms with Crippen LogP contribution in [0.5, 0.6) is 0 Å². The molecule has 3 aromatic carbocycles. The summed E-state index contributed by atoms with van der Waals surface area (Å²) in [6.45, 7) is 0. The van der Waals surface area contributed by atoms with Crippen molar-refractivity contribution in [3.63, 3.8) is 0 Å². The van der Waals surface area contributed by atoms with Crippen LogP contribution in [-0.4, -0.2) is 0 Å². The Morgan fingerprint density at radius 1 is 0.812 bits per heavy atom. The predicted octanol–water partition coefficient (Wildman–Crippen LogP) is 5.36. The average Bonchev–Trinajstić information content (AvgIpc) is 2.31. The number of fused-ring (bicyclic) bond motifs is 2. The number of benzene rings is 3. The minimum absolute atomic E-state index is 1.16. The number of hydrogen-bond donors (Lipinski definition) is 0. The van der Waals surface area contributed by atoms with Gasteiger partial charge in [-0.25, -0.2) is 0 Å². The summed E-state index contributed by atoms with van der Waals surface area (Å²) in [7, 11) is 0. The van der Waals surface area contributed by atoms with Crippen molar-refractivity contribution in [2.24, 2.45) is 0 Å². The molecule has 16 heavy (non-hydrogen) atoms.